The maximum Gasteiger partial charge on any atom is 0.230 e. The Hall–Kier alpha value is -3.36. The Kier molecular flexibility index (Phi) is 7.60. The van der Waals surface area contributed by atoms with Gasteiger partial charge in [0.1, 0.15) is 12.1 Å². The average molecular weight is 516 g/mol. The molecule has 2 aromatic heterocycles. The molecule has 0 radical (unpaired) electrons. The Bertz CT molecular complexity index is 1370. The maximum atomic E-state index is 6.20. The normalized spacial score (nSPS) is 19.1. The number of fused-ring (bicyclic) bond motifs is 2. The van der Waals surface area contributed by atoms with E-state index in [1.54, 1.807) is 7.11 Å². The van der Waals surface area contributed by atoms with Crippen LogP contribution in [0.25, 0.3) is 21.8 Å². The van der Waals surface area contributed by atoms with Crippen LogP contribution in [0, 0.1) is 0 Å². The maximum absolute atomic E-state index is 6.20. The second-order valence-corrected chi connectivity index (χ2v) is 10.4. The minimum absolute atomic E-state index is 0.489. The van der Waals surface area contributed by atoms with Gasteiger partial charge in [-0.1, -0.05) is 6.42 Å². The van der Waals surface area contributed by atoms with Crippen molar-refractivity contribution >= 4 is 21.8 Å². The highest BCUT2D eigenvalue weighted by Crippen LogP contribution is 2.36. The molecular formula is C30H37N5O3. The molecule has 2 aromatic carbocycles. The van der Waals surface area contributed by atoms with E-state index in [9.17, 15) is 0 Å². The van der Waals surface area contributed by atoms with Crippen molar-refractivity contribution in [1.82, 2.24) is 24.8 Å². The summed E-state index contributed by atoms with van der Waals surface area (Å²) in [5.74, 6) is 2.56. The van der Waals surface area contributed by atoms with E-state index in [0.29, 0.717) is 24.0 Å². The van der Waals surface area contributed by atoms with Crippen LogP contribution in [-0.2, 0) is 0 Å². The number of piperidine rings is 2. The molecule has 1 atom stereocenters. The Morgan fingerprint density at radius 1 is 0.974 bits per heavy atom. The van der Waals surface area contributed by atoms with Gasteiger partial charge in [0.2, 0.25) is 5.88 Å². The third-order valence-electron chi connectivity index (χ3n) is 7.89. The predicted octanol–water partition coefficient (Wildman–Crippen LogP) is 5.63. The summed E-state index contributed by atoms with van der Waals surface area (Å²) in [4.78, 5) is 17.4. The van der Waals surface area contributed by atoms with Crippen LogP contribution in [-0.4, -0.2) is 77.2 Å². The van der Waals surface area contributed by atoms with Crippen molar-refractivity contribution in [2.45, 2.75) is 44.6 Å². The topological polar surface area (TPSA) is 75.7 Å². The van der Waals surface area contributed by atoms with Gasteiger partial charge in [-0.25, -0.2) is 9.97 Å². The van der Waals surface area contributed by atoms with Crippen LogP contribution in [0.15, 0.2) is 48.9 Å². The van der Waals surface area contributed by atoms with Crippen molar-refractivity contribution in [2.24, 2.45) is 0 Å². The first-order valence-electron chi connectivity index (χ1n) is 13.9. The molecule has 1 unspecified atom stereocenters. The minimum Gasteiger partial charge on any atom is -0.493 e. The summed E-state index contributed by atoms with van der Waals surface area (Å²) < 4.78 is 18.0. The fourth-order valence-electron chi connectivity index (χ4n) is 5.89. The minimum atomic E-state index is 0.489. The first kappa shape index (κ1) is 24.9. The van der Waals surface area contributed by atoms with Gasteiger partial charge in [-0.3, -0.25) is 4.90 Å². The molecular weight excluding hydrogens is 478 g/mol. The first-order chi connectivity index (χ1) is 18.8. The number of nitrogens with one attached hydrogen (secondary N) is 1. The fraction of sp³-hybridized carbons (Fsp3) is 0.467. The quantitative estimate of drug-likeness (QED) is 0.290. The predicted molar refractivity (Wildman–Crippen MR) is 149 cm³/mol. The van der Waals surface area contributed by atoms with E-state index in [0.717, 1.165) is 46.6 Å². The molecule has 38 heavy (non-hydrogen) atoms. The van der Waals surface area contributed by atoms with Gasteiger partial charge in [-0.2, -0.15) is 0 Å². The lowest BCUT2D eigenvalue weighted by molar-refractivity contribution is 0.0798. The molecule has 4 heterocycles. The first-order valence-corrected chi connectivity index (χ1v) is 13.9. The third-order valence-corrected chi connectivity index (χ3v) is 7.89. The Morgan fingerprint density at radius 3 is 2.79 bits per heavy atom. The van der Waals surface area contributed by atoms with E-state index >= 15 is 0 Å². The molecule has 4 aromatic rings. The zero-order chi connectivity index (χ0) is 25.7. The fourth-order valence-corrected chi connectivity index (χ4v) is 5.89. The molecule has 0 aliphatic carbocycles. The molecule has 8 nitrogen and oxygen atoms in total. The van der Waals surface area contributed by atoms with Gasteiger partial charge in [0.05, 0.1) is 24.6 Å². The van der Waals surface area contributed by atoms with Gasteiger partial charge < -0.3 is 24.1 Å². The van der Waals surface area contributed by atoms with E-state index in [2.05, 4.69) is 24.8 Å². The van der Waals surface area contributed by atoms with E-state index in [4.69, 9.17) is 14.2 Å². The number of benzene rings is 2. The molecule has 6 rings (SSSR count). The second kappa shape index (κ2) is 11.6. The summed E-state index contributed by atoms with van der Waals surface area (Å²) >= 11 is 0. The van der Waals surface area contributed by atoms with E-state index < -0.39 is 0 Å². The number of methoxy groups -OCH3 is 1. The molecule has 2 aliphatic rings. The van der Waals surface area contributed by atoms with Gasteiger partial charge >= 0.3 is 0 Å². The largest absolute Gasteiger partial charge is 0.493 e. The van der Waals surface area contributed by atoms with Crippen LogP contribution >= 0.6 is 0 Å². The van der Waals surface area contributed by atoms with Crippen molar-refractivity contribution in [3.8, 4) is 23.1 Å². The molecule has 0 spiro atoms. The third kappa shape index (κ3) is 5.56. The lowest BCUT2D eigenvalue weighted by Gasteiger charge is -2.41. The molecule has 0 amide bonds. The van der Waals surface area contributed by atoms with Crippen molar-refractivity contribution in [1.29, 1.82) is 0 Å². The van der Waals surface area contributed by atoms with Crippen molar-refractivity contribution < 1.29 is 14.2 Å². The summed E-state index contributed by atoms with van der Waals surface area (Å²) in [7, 11) is 1.66. The van der Waals surface area contributed by atoms with Gasteiger partial charge in [-0.15, -0.1) is 0 Å². The van der Waals surface area contributed by atoms with Crippen LogP contribution in [0.1, 0.15) is 38.5 Å². The van der Waals surface area contributed by atoms with Crippen LogP contribution in [0.4, 0.5) is 0 Å². The highest BCUT2D eigenvalue weighted by atomic mass is 16.5. The number of ether oxygens (including phenoxy) is 3. The SMILES string of the molecule is COc1cc2c(Oc3ccc4[nH]ccc4c3)ncnc2cc1OCCCN1CCCC(N2CCCCC2)C1. The Balaban J connectivity index is 1.08. The molecule has 2 saturated heterocycles. The number of hydrogen-bond acceptors (Lipinski definition) is 7. The van der Waals surface area contributed by atoms with Gasteiger partial charge in [0.25, 0.3) is 0 Å². The molecule has 200 valence electrons. The molecule has 0 bridgehead atoms. The highest BCUT2D eigenvalue weighted by molar-refractivity contribution is 5.87. The molecule has 2 fully saturated rings. The van der Waals surface area contributed by atoms with Crippen LogP contribution in [0.5, 0.6) is 23.1 Å². The second-order valence-electron chi connectivity index (χ2n) is 10.4. The lowest BCUT2D eigenvalue weighted by Crippen LogP contribution is -2.49. The van der Waals surface area contributed by atoms with Gasteiger partial charge in [0, 0.05) is 42.3 Å². The Labute approximate surface area is 223 Å². The van der Waals surface area contributed by atoms with Crippen molar-refractivity contribution in [3.05, 3.63) is 48.9 Å². The van der Waals surface area contributed by atoms with Crippen molar-refractivity contribution in [3.63, 3.8) is 0 Å². The number of rotatable bonds is 9. The summed E-state index contributed by atoms with van der Waals surface area (Å²) in [5.41, 5.74) is 1.82. The monoisotopic (exact) mass is 515 g/mol. The highest BCUT2D eigenvalue weighted by Gasteiger charge is 2.26. The Morgan fingerprint density at radius 2 is 1.89 bits per heavy atom. The van der Waals surface area contributed by atoms with Gasteiger partial charge in [0.15, 0.2) is 11.5 Å². The number of nitrogens with zero attached hydrogens (tertiary/aromatic N) is 4. The molecule has 8 heteroatoms. The summed E-state index contributed by atoms with van der Waals surface area (Å²) in [6.07, 6.45) is 11.2. The molecule has 1 N–H and O–H groups in total. The number of aromatic nitrogens is 3. The number of aromatic amines is 1. The lowest BCUT2D eigenvalue weighted by atomic mass is 10.0. The van der Waals surface area contributed by atoms with Crippen LogP contribution in [0.3, 0.4) is 0 Å². The zero-order valence-corrected chi connectivity index (χ0v) is 22.2. The van der Waals surface area contributed by atoms with Crippen LogP contribution in [0.2, 0.25) is 0 Å². The van der Waals surface area contributed by atoms with Gasteiger partial charge in [-0.05, 0) is 82.1 Å². The summed E-state index contributed by atoms with van der Waals surface area (Å²) in [6, 6.07) is 12.5. The zero-order valence-electron chi connectivity index (χ0n) is 22.2. The average Bonchev–Trinajstić information content (AvgIpc) is 3.44. The van der Waals surface area contributed by atoms with E-state index in [1.165, 1.54) is 64.6 Å². The number of hydrogen-bond donors (Lipinski definition) is 1. The number of H-pyrrole nitrogens is 1. The van der Waals surface area contributed by atoms with Crippen LogP contribution < -0.4 is 14.2 Å². The van der Waals surface area contributed by atoms with E-state index in [-0.39, 0.29) is 0 Å². The number of likely N-dealkylation sites (tertiary alicyclic amines) is 2. The smallest absolute Gasteiger partial charge is 0.230 e. The van der Waals surface area contributed by atoms with E-state index in [1.807, 2.05) is 42.6 Å². The summed E-state index contributed by atoms with van der Waals surface area (Å²) in [6.45, 7) is 6.64. The van der Waals surface area contributed by atoms with Crippen molar-refractivity contribution in [2.75, 3.05) is 46.4 Å². The molecule has 0 saturated carbocycles. The molecule has 2 aliphatic heterocycles. The standard InChI is InChI=1S/C30H37N5O3/c1-36-28-18-25-27(32-21-33-30(25)38-24-8-9-26-22(17-24)10-11-31-26)19-29(28)37-16-6-13-34-12-5-7-23(20-34)35-14-3-2-4-15-35/h8-11,17-19,21,23,31H,2-7,12-16,20H2,1H3. The summed E-state index contributed by atoms with van der Waals surface area (Å²) in [5, 5.41) is 1.86.